The number of hydrogen-bond donors (Lipinski definition) is 4. The lowest BCUT2D eigenvalue weighted by Crippen LogP contribution is -2.50. The fourth-order valence-electron chi connectivity index (χ4n) is 2.26. The summed E-state index contributed by atoms with van der Waals surface area (Å²) >= 11 is 0. The number of aliphatic hydroxyl groups is 1. The first-order chi connectivity index (χ1) is 8.52. The quantitative estimate of drug-likeness (QED) is 0.525. The zero-order valence-corrected chi connectivity index (χ0v) is 10.7. The van der Waals surface area contributed by atoms with Gasteiger partial charge in [0.05, 0.1) is 5.41 Å². The number of piperidine rings is 1. The summed E-state index contributed by atoms with van der Waals surface area (Å²) in [5, 5.41) is 23.6. The van der Waals surface area contributed by atoms with Gasteiger partial charge in [-0.1, -0.05) is 6.92 Å². The molecule has 1 rings (SSSR count). The van der Waals surface area contributed by atoms with Crippen LogP contribution in [-0.2, 0) is 9.59 Å². The highest BCUT2D eigenvalue weighted by atomic mass is 16.4. The molecule has 1 heterocycles. The molecule has 6 heteroatoms. The van der Waals surface area contributed by atoms with Crippen molar-refractivity contribution in [1.29, 1.82) is 0 Å². The Kier molecular flexibility index (Phi) is 5.55. The Hall–Kier alpha value is -1.14. The fourth-order valence-corrected chi connectivity index (χ4v) is 2.26. The SMILES string of the molecule is CCC1(C(=O)NCC[C@H](O)C(=O)O)CCCNC1. The topological polar surface area (TPSA) is 98.7 Å². The second-order valence-corrected chi connectivity index (χ2v) is 4.81. The second kappa shape index (κ2) is 6.70. The molecule has 1 aliphatic heterocycles. The number of carbonyl (C=O) groups is 2. The van der Waals surface area contributed by atoms with Gasteiger partial charge in [0.2, 0.25) is 5.91 Å². The third-order valence-corrected chi connectivity index (χ3v) is 3.62. The molecule has 6 nitrogen and oxygen atoms in total. The van der Waals surface area contributed by atoms with Crippen LogP contribution in [-0.4, -0.2) is 47.8 Å². The molecule has 1 unspecified atom stereocenters. The molecular formula is C12H22N2O4. The normalized spacial score (nSPS) is 25.4. The van der Waals surface area contributed by atoms with E-state index in [1.165, 1.54) is 0 Å². The summed E-state index contributed by atoms with van der Waals surface area (Å²) in [7, 11) is 0. The standard InChI is InChI=1S/C12H22N2O4/c1-2-12(5-3-6-13-8-12)11(18)14-7-4-9(15)10(16)17/h9,13,15H,2-8H2,1H3,(H,14,18)(H,16,17)/t9-,12?/m0/s1. The maximum absolute atomic E-state index is 12.1. The highest BCUT2D eigenvalue weighted by Crippen LogP contribution is 2.30. The first-order valence-corrected chi connectivity index (χ1v) is 6.42. The fraction of sp³-hybridized carbons (Fsp3) is 0.833. The predicted molar refractivity (Wildman–Crippen MR) is 66.1 cm³/mol. The smallest absolute Gasteiger partial charge is 0.332 e. The Labute approximate surface area is 107 Å². The first kappa shape index (κ1) is 14.9. The van der Waals surface area contributed by atoms with Crippen molar-refractivity contribution in [3.63, 3.8) is 0 Å². The number of carboxylic acid groups (broad SMARTS) is 1. The van der Waals surface area contributed by atoms with Crippen LogP contribution in [0, 0.1) is 5.41 Å². The van der Waals surface area contributed by atoms with Crippen LogP contribution in [0.5, 0.6) is 0 Å². The van der Waals surface area contributed by atoms with Gasteiger partial charge < -0.3 is 20.8 Å². The molecule has 1 aliphatic rings. The summed E-state index contributed by atoms with van der Waals surface area (Å²) < 4.78 is 0. The largest absolute Gasteiger partial charge is 0.479 e. The monoisotopic (exact) mass is 258 g/mol. The summed E-state index contributed by atoms with van der Waals surface area (Å²) in [6, 6.07) is 0. The molecule has 1 saturated heterocycles. The molecule has 0 aromatic carbocycles. The molecule has 0 saturated carbocycles. The van der Waals surface area contributed by atoms with Crippen molar-refractivity contribution in [1.82, 2.24) is 10.6 Å². The number of carboxylic acids is 1. The van der Waals surface area contributed by atoms with Gasteiger partial charge in [-0.05, 0) is 25.8 Å². The van der Waals surface area contributed by atoms with Crippen LogP contribution in [0.1, 0.15) is 32.6 Å². The van der Waals surface area contributed by atoms with E-state index >= 15 is 0 Å². The lowest BCUT2D eigenvalue weighted by Gasteiger charge is -2.35. The number of nitrogens with one attached hydrogen (secondary N) is 2. The van der Waals surface area contributed by atoms with Gasteiger partial charge in [0.1, 0.15) is 0 Å². The lowest BCUT2D eigenvalue weighted by atomic mass is 9.77. The Morgan fingerprint density at radius 1 is 1.50 bits per heavy atom. The molecule has 0 radical (unpaired) electrons. The molecule has 2 atom stereocenters. The van der Waals surface area contributed by atoms with E-state index in [-0.39, 0.29) is 24.3 Å². The molecule has 18 heavy (non-hydrogen) atoms. The van der Waals surface area contributed by atoms with Gasteiger partial charge in [0.15, 0.2) is 6.10 Å². The first-order valence-electron chi connectivity index (χ1n) is 6.42. The van der Waals surface area contributed by atoms with Gasteiger partial charge >= 0.3 is 5.97 Å². The van der Waals surface area contributed by atoms with E-state index in [9.17, 15) is 9.59 Å². The average molecular weight is 258 g/mol. The van der Waals surface area contributed by atoms with Crippen LogP contribution < -0.4 is 10.6 Å². The molecule has 104 valence electrons. The van der Waals surface area contributed by atoms with Crippen molar-refractivity contribution >= 4 is 11.9 Å². The number of rotatable bonds is 6. The molecule has 0 spiro atoms. The summed E-state index contributed by atoms with van der Waals surface area (Å²) in [5.74, 6) is -1.30. The van der Waals surface area contributed by atoms with Crippen LogP contribution in [0.15, 0.2) is 0 Å². The van der Waals surface area contributed by atoms with E-state index in [1.807, 2.05) is 6.92 Å². The van der Waals surface area contributed by atoms with Crippen LogP contribution in [0.2, 0.25) is 0 Å². The molecule has 1 amide bonds. The van der Waals surface area contributed by atoms with Crippen molar-refractivity contribution in [2.45, 2.75) is 38.7 Å². The molecule has 4 N–H and O–H groups in total. The molecular weight excluding hydrogens is 236 g/mol. The minimum Gasteiger partial charge on any atom is -0.479 e. The molecule has 1 fully saturated rings. The average Bonchev–Trinajstić information content (AvgIpc) is 2.39. The minimum atomic E-state index is -1.41. The van der Waals surface area contributed by atoms with Gasteiger partial charge in [0, 0.05) is 19.5 Å². The highest BCUT2D eigenvalue weighted by Gasteiger charge is 2.37. The van der Waals surface area contributed by atoms with E-state index in [4.69, 9.17) is 10.2 Å². The van der Waals surface area contributed by atoms with E-state index in [2.05, 4.69) is 10.6 Å². The van der Waals surface area contributed by atoms with E-state index in [0.29, 0.717) is 6.54 Å². The Bertz CT molecular complexity index is 300. The van der Waals surface area contributed by atoms with E-state index in [1.54, 1.807) is 0 Å². The summed E-state index contributed by atoms with van der Waals surface area (Å²) in [4.78, 5) is 22.5. The number of carbonyl (C=O) groups excluding carboxylic acids is 1. The van der Waals surface area contributed by atoms with E-state index < -0.39 is 12.1 Å². The van der Waals surface area contributed by atoms with E-state index in [0.717, 1.165) is 25.8 Å². The maximum atomic E-state index is 12.1. The van der Waals surface area contributed by atoms with Crippen LogP contribution in [0.4, 0.5) is 0 Å². The van der Waals surface area contributed by atoms with Crippen LogP contribution >= 0.6 is 0 Å². The Morgan fingerprint density at radius 3 is 2.72 bits per heavy atom. The molecule has 0 aromatic heterocycles. The number of aliphatic carboxylic acids is 1. The maximum Gasteiger partial charge on any atom is 0.332 e. The van der Waals surface area contributed by atoms with Gasteiger partial charge in [-0.3, -0.25) is 4.79 Å². The molecule has 0 aliphatic carbocycles. The highest BCUT2D eigenvalue weighted by molar-refractivity contribution is 5.83. The lowest BCUT2D eigenvalue weighted by molar-refractivity contribution is -0.147. The van der Waals surface area contributed by atoms with Crippen molar-refractivity contribution in [3.8, 4) is 0 Å². The predicted octanol–water partition coefficient (Wildman–Crippen LogP) is -0.282. The Balaban J connectivity index is 2.41. The minimum absolute atomic E-state index is 0.0360. The van der Waals surface area contributed by atoms with Crippen molar-refractivity contribution < 1.29 is 19.8 Å². The third kappa shape index (κ3) is 3.68. The van der Waals surface area contributed by atoms with Gasteiger partial charge in [-0.15, -0.1) is 0 Å². The van der Waals surface area contributed by atoms with Crippen LogP contribution in [0.25, 0.3) is 0 Å². The third-order valence-electron chi connectivity index (χ3n) is 3.62. The number of amides is 1. The molecule has 0 aromatic rings. The van der Waals surface area contributed by atoms with Gasteiger partial charge in [0.25, 0.3) is 0 Å². The molecule has 0 bridgehead atoms. The summed E-state index contributed by atoms with van der Waals surface area (Å²) in [6.07, 6.45) is 1.21. The number of aliphatic hydroxyl groups excluding tert-OH is 1. The second-order valence-electron chi connectivity index (χ2n) is 4.81. The van der Waals surface area contributed by atoms with Gasteiger partial charge in [-0.2, -0.15) is 0 Å². The Morgan fingerprint density at radius 2 is 2.22 bits per heavy atom. The van der Waals surface area contributed by atoms with Crippen molar-refractivity contribution in [2.75, 3.05) is 19.6 Å². The van der Waals surface area contributed by atoms with Crippen LogP contribution in [0.3, 0.4) is 0 Å². The summed E-state index contributed by atoms with van der Waals surface area (Å²) in [5.41, 5.74) is -0.383. The number of hydrogen-bond acceptors (Lipinski definition) is 4. The zero-order chi connectivity index (χ0) is 13.6. The van der Waals surface area contributed by atoms with Crippen molar-refractivity contribution in [2.24, 2.45) is 5.41 Å². The van der Waals surface area contributed by atoms with Gasteiger partial charge in [-0.25, -0.2) is 4.79 Å². The summed E-state index contributed by atoms with van der Waals surface area (Å²) in [6.45, 7) is 3.77. The zero-order valence-electron chi connectivity index (χ0n) is 10.7. The van der Waals surface area contributed by atoms with Crippen molar-refractivity contribution in [3.05, 3.63) is 0 Å².